The molecule has 0 bridgehead atoms. The first-order valence-corrected chi connectivity index (χ1v) is 9.62. The van der Waals surface area contributed by atoms with Gasteiger partial charge in [-0.05, 0) is 53.9 Å². The normalized spacial score (nSPS) is 11.4. The molecule has 0 unspecified atom stereocenters. The zero-order valence-electron chi connectivity index (χ0n) is 16.9. The first kappa shape index (κ1) is 21.0. The molecule has 3 aromatic rings. The van der Waals surface area contributed by atoms with Crippen LogP contribution in [0.3, 0.4) is 0 Å². The van der Waals surface area contributed by atoms with Gasteiger partial charge in [0, 0.05) is 18.9 Å². The minimum Gasteiger partial charge on any atom is -0.378 e. The summed E-state index contributed by atoms with van der Waals surface area (Å²) in [6.45, 7) is 6.33. The number of nitrogens with two attached hydrogens (primary N) is 1. The van der Waals surface area contributed by atoms with Crippen molar-refractivity contribution in [1.82, 2.24) is 40.6 Å². The summed E-state index contributed by atoms with van der Waals surface area (Å²) in [5.74, 6) is -0.254. The summed E-state index contributed by atoms with van der Waals surface area (Å²) in [7, 11) is 0. The van der Waals surface area contributed by atoms with Crippen LogP contribution in [0.5, 0.6) is 0 Å². The number of nitrogens with one attached hydrogen (secondary N) is 1. The average Bonchev–Trinajstić information content (AvgIpc) is 3.35. The highest BCUT2D eigenvalue weighted by Gasteiger charge is 2.25. The molecular weight excluding hydrogens is 388 g/mol. The number of rotatable bonds is 10. The molecular formula is C18H24N10O2. The molecule has 30 heavy (non-hydrogen) atoms. The number of carbonyl (C=O) groups excluding carboxylic acids is 1. The Morgan fingerprint density at radius 3 is 2.63 bits per heavy atom. The van der Waals surface area contributed by atoms with Gasteiger partial charge in [-0.1, -0.05) is 19.1 Å². The maximum atomic E-state index is 12.8. The van der Waals surface area contributed by atoms with Gasteiger partial charge >= 0.3 is 0 Å². The highest BCUT2D eigenvalue weighted by Crippen LogP contribution is 2.18. The average molecular weight is 412 g/mol. The molecule has 0 fully saturated rings. The molecule has 0 saturated carbocycles. The van der Waals surface area contributed by atoms with Crippen LogP contribution in [0.25, 0.3) is 5.82 Å². The molecule has 3 heterocycles. The fourth-order valence-electron chi connectivity index (χ4n) is 2.91. The van der Waals surface area contributed by atoms with Crippen LogP contribution in [-0.4, -0.2) is 60.4 Å². The van der Waals surface area contributed by atoms with E-state index >= 15 is 0 Å². The second-order valence-corrected chi connectivity index (χ2v) is 6.53. The van der Waals surface area contributed by atoms with Gasteiger partial charge in [-0.3, -0.25) is 14.7 Å². The van der Waals surface area contributed by atoms with E-state index in [0.717, 1.165) is 31.5 Å². The number of hydrazone groups is 1. The fourth-order valence-corrected chi connectivity index (χ4v) is 2.91. The number of amides is 1. The molecule has 1 amide bonds. The van der Waals surface area contributed by atoms with Gasteiger partial charge in [0.15, 0.2) is 5.69 Å². The van der Waals surface area contributed by atoms with Crippen LogP contribution in [0.2, 0.25) is 0 Å². The molecule has 3 rings (SSSR count). The van der Waals surface area contributed by atoms with E-state index in [1.165, 1.54) is 10.9 Å². The molecule has 3 aromatic heterocycles. The predicted octanol–water partition coefficient (Wildman–Crippen LogP) is 1.01. The molecule has 0 atom stereocenters. The maximum Gasteiger partial charge on any atom is 0.293 e. The van der Waals surface area contributed by atoms with Crippen molar-refractivity contribution in [3.8, 4) is 5.82 Å². The van der Waals surface area contributed by atoms with Crippen molar-refractivity contribution in [2.75, 3.05) is 18.8 Å². The molecule has 0 saturated heterocycles. The summed E-state index contributed by atoms with van der Waals surface area (Å²) < 4.78 is 6.06. The van der Waals surface area contributed by atoms with E-state index in [1.807, 2.05) is 0 Å². The number of aromatic nitrogens is 6. The molecule has 0 aliphatic carbocycles. The third-order valence-corrected chi connectivity index (χ3v) is 4.21. The third-order valence-electron chi connectivity index (χ3n) is 4.21. The van der Waals surface area contributed by atoms with Crippen LogP contribution < -0.4 is 11.2 Å². The highest BCUT2D eigenvalue weighted by molar-refractivity contribution is 5.94. The molecule has 0 radical (unpaired) electrons. The first-order valence-electron chi connectivity index (χ1n) is 9.62. The summed E-state index contributed by atoms with van der Waals surface area (Å²) >= 11 is 0. The molecule has 12 nitrogen and oxygen atoms in total. The number of hydrogen-bond donors (Lipinski definition) is 2. The van der Waals surface area contributed by atoms with Crippen LogP contribution in [-0.2, 0) is 6.54 Å². The van der Waals surface area contributed by atoms with Gasteiger partial charge in [-0.2, -0.15) is 9.78 Å². The number of hydrogen-bond acceptors (Lipinski definition) is 10. The van der Waals surface area contributed by atoms with E-state index in [1.54, 1.807) is 24.5 Å². The molecule has 0 aliphatic heterocycles. The Balaban J connectivity index is 1.87. The summed E-state index contributed by atoms with van der Waals surface area (Å²) in [6.07, 6.45) is 6.72. The van der Waals surface area contributed by atoms with E-state index in [4.69, 9.17) is 5.73 Å². The molecule has 158 valence electrons. The molecule has 0 aliphatic rings. The van der Waals surface area contributed by atoms with Gasteiger partial charge in [0.2, 0.25) is 11.6 Å². The van der Waals surface area contributed by atoms with Gasteiger partial charge in [-0.25, -0.2) is 10.1 Å². The van der Waals surface area contributed by atoms with Crippen molar-refractivity contribution in [3.05, 3.63) is 41.5 Å². The Bertz CT molecular complexity index is 976. The lowest BCUT2D eigenvalue weighted by Gasteiger charge is -2.21. The van der Waals surface area contributed by atoms with Crippen LogP contribution in [0.15, 0.2) is 34.3 Å². The minimum atomic E-state index is -0.496. The SMILES string of the molecule is CCCN(CCC)Cc1c(C(=O)NN=Cc2ccncc2)nnn1-c1nonc1N. The van der Waals surface area contributed by atoms with Crippen LogP contribution in [0.1, 0.15) is 48.4 Å². The lowest BCUT2D eigenvalue weighted by molar-refractivity contribution is 0.0947. The first-order chi connectivity index (χ1) is 14.6. The largest absolute Gasteiger partial charge is 0.378 e. The number of pyridine rings is 1. The van der Waals surface area contributed by atoms with E-state index in [0.29, 0.717) is 12.2 Å². The van der Waals surface area contributed by atoms with Crippen molar-refractivity contribution < 1.29 is 9.42 Å². The quantitative estimate of drug-likeness (QED) is 0.367. The Labute approximate surface area is 173 Å². The van der Waals surface area contributed by atoms with Gasteiger partial charge in [0.1, 0.15) is 0 Å². The lowest BCUT2D eigenvalue weighted by atomic mass is 10.2. The number of anilines is 1. The number of carbonyl (C=O) groups is 1. The van der Waals surface area contributed by atoms with E-state index in [-0.39, 0.29) is 17.3 Å². The molecule has 12 heteroatoms. The van der Waals surface area contributed by atoms with Gasteiger partial charge in [-0.15, -0.1) is 5.10 Å². The minimum absolute atomic E-state index is 0.0568. The van der Waals surface area contributed by atoms with Crippen molar-refractivity contribution >= 4 is 17.9 Å². The molecule has 3 N–H and O–H groups in total. The monoisotopic (exact) mass is 412 g/mol. The van der Waals surface area contributed by atoms with Gasteiger partial charge in [0.05, 0.1) is 11.9 Å². The third kappa shape index (κ3) is 5.03. The fraction of sp³-hybridized carbons (Fsp3) is 0.389. The Hall–Kier alpha value is -3.67. The van der Waals surface area contributed by atoms with E-state index in [9.17, 15) is 4.79 Å². The second-order valence-electron chi connectivity index (χ2n) is 6.53. The number of nitrogens with zero attached hydrogens (tertiary/aromatic N) is 8. The van der Waals surface area contributed by atoms with E-state index < -0.39 is 5.91 Å². The Kier molecular flexibility index (Phi) is 7.16. The predicted molar refractivity (Wildman–Crippen MR) is 109 cm³/mol. The van der Waals surface area contributed by atoms with Crippen LogP contribution in [0.4, 0.5) is 5.82 Å². The second kappa shape index (κ2) is 10.2. The van der Waals surface area contributed by atoms with Gasteiger partial charge < -0.3 is 5.73 Å². The smallest absolute Gasteiger partial charge is 0.293 e. The van der Waals surface area contributed by atoms with Crippen molar-refractivity contribution in [2.24, 2.45) is 5.10 Å². The highest BCUT2D eigenvalue weighted by atomic mass is 16.6. The summed E-state index contributed by atoms with van der Waals surface area (Å²) in [4.78, 5) is 18.9. The Morgan fingerprint density at radius 2 is 2.00 bits per heavy atom. The molecule has 0 spiro atoms. The summed E-state index contributed by atoms with van der Waals surface area (Å²) in [5.41, 5.74) is 9.75. The zero-order chi connectivity index (χ0) is 21.3. The summed E-state index contributed by atoms with van der Waals surface area (Å²) in [6, 6.07) is 3.54. The molecule has 0 aromatic carbocycles. The van der Waals surface area contributed by atoms with E-state index in [2.05, 4.69) is 59.5 Å². The Morgan fingerprint density at radius 1 is 1.27 bits per heavy atom. The maximum absolute atomic E-state index is 12.8. The van der Waals surface area contributed by atoms with Crippen LogP contribution >= 0.6 is 0 Å². The summed E-state index contributed by atoms with van der Waals surface area (Å²) in [5, 5.41) is 19.4. The van der Waals surface area contributed by atoms with Crippen molar-refractivity contribution in [1.29, 1.82) is 0 Å². The zero-order valence-corrected chi connectivity index (χ0v) is 16.9. The van der Waals surface area contributed by atoms with Crippen LogP contribution in [0, 0.1) is 0 Å². The van der Waals surface area contributed by atoms with Gasteiger partial charge in [0.25, 0.3) is 5.91 Å². The standard InChI is InChI=1S/C18H24N10O2/c1-3-9-27(10-4-2)12-14-15(22-26-28(14)17-16(19)24-30-25-17)18(29)23-21-11-13-5-7-20-8-6-13/h5-8,11H,3-4,9-10,12H2,1-2H3,(H2,19,24)(H,23,29). The lowest BCUT2D eigenvalue weighted by Crippen LogP contribution is -2.28. The number of nitrogen functional groups attached to an aromatic ring is 1. The van der Waals surface area contributed by atoms with Crippen molar-refractivity contribution in [3.63, 3.8) is 0 Å². The van der Waals surface area contributed by atoms with Crippen molar-refractivity contribution in [2.45, 2.75) is 33.2 Å². The topological polar surface area (TPSA) is 153 Å².